The Morgan fingerprint density at radius 3 is 2.44 bits per heavy atom. The molecule has 0 aromatic carbocycles. The number of rotatable bonds is 4. The van der Waals surface area contributed by atoms with Gasteiger partial charge in [0, 0.05) is 18.7 Å². The van der Waals surface area contributed by atoms with Gasteiger partial charge in [-0.2, -0.15) is 0 Å². The van der Waals surface area contributed by atoms with Crippen molar-refractivity contribution >= 4 is 0 Å². The predicted molar refractivity (Wildman–Crippen MR) is 76.8 cm³/mol. The standard InChI is InChI=1S/C16H31NO/c1-5-16(6-2)12-13(9-11-18-16)17-14-8-7-10-15(14,3)4/h13-14,17H,5-12H2,1-4H3. The highest BCUT2D eigenvalue weighted by atomic mass is 16.5. The quantitative estimate of drug-likeness (QED) is 0.820. The Labute approximate surface area is 113 Å². The summed E-state index contributed by atoms with van der Waals surface area (Å²) >= 11 is 0. The summed E-state index contributed by atoms with van der Waals surface area (Å²) in [5.41, 5.74) is 0.637. The molecule has 2 rings (SSSR count). The van der Waals surface area contributed by atoms with Crippen molar-refractivity contribution in [2.24, 2.45) is 5.41 Å². The molecular weight excluding hydrogens is 222 g/mol. The molecule has 106 valence electrons. The van der Waals surface area contributed by atoms with Crippen LogP contribution in [0.1, 0.15) is 72.6 Å². The van der Waals surface area contributed by atoms with Gasteiger partial charge in [-0.1, -0.05) is 34.1 Å². The highest BCUT2D eigenvalue weighted by Gasteiger charge is 2.39. The van der Waals surface area contributed by atoms with Gasteiger partial charge in [-0.25, -0.2) is 0 Å². The molecule has 1 N–H and O–H groups in total. The first-order valence-corrected chi connectivity index (χ1v) is 7.91. The Morgan fingerprint density at radius 2 is 1.89 bits per heavy atom. The highest BCUT2D eigenvalue weighted by molar-refractivity contribution is 4.95. The van der Waals surface area contributed by atoms with Crippen molar-refractivity contribution in [1.29, 1.82) is 0 Å². The average molecular weight is 253 g/mol. The second-order valence-electron chi connectivity index (χ2n) is 7.03. The molecule has 0 aromatic rings. The third kappa shape index (κ3) is 2.91. The van der Waals surface area contributed by atoms with Gasteiger partial charge < -0.3 is 10.1 Å². The van der Waals surface area contributed by atoms with Gasteiger partial charge in [-0.05, 0) is 43.9 Å². The predicted octanol–water partition coefficient (Wildman–Crippen LogP) is 3.89. The highest BCUT2D eigenvalue weighted by Crippen LogP contribution is 2.39. The third-order valence-electron chi connectivity index (χ3n) is 5.48. The molecular formula is C16H31NO. The van der Waals surface area contributed by atoms with Gasteiger partial charge in [0.2, 0.25) is 0 Å². The Bertz CT molecular complexity index is 270. The molecule has 0 radical (unpaired) electrons. The van der Waals surface area contributed by atoms with E-state index in [1.807, 2.05) is 0 Å². The van der Waals surface area contributed by atoms with E-state index >= 15 is 0 Å². The zero-order valence-corrected chi connectivity index (χ0v) is 12.7. The van der Waals surface area contributed by atoms with Crippen LogP contribution in [0.4, 0.5) is 0 Å². The smallest absolute Gasteiger partial charge is 0.0692 e. The van der Waals surface area contributed by atoms with Crippen LogP contribution in [0.25, 0.3) is 0 Å². The van der Waals surface area contributed by atoms with Crippen LogP contribution < -0.4 is 5.32 Å². The summed E-state index contributed by atoms with van der Waals surface area (Å²) in [6, 6.07) is 1.38. The lowest BCUT2D eigenvalue weighted by Crippen LogP contribution is -2.51. The van der Waals surface area contributed by atoms with Crippen LogP contribution in [-0.2, 0) is 4.74 Å². The van der Waals surface area contributed by atoms with Crippen molar-refractivity contribution in [3.63, 3.8) is 0 Å². The van der Waals surface area contributed by atoms with E-state index in [0.717, 1.165) is 19.4 Å². The summed E-state index contributed by atoms with van der Waals surface area (Å²) in [5, 5.41) is 3.95. The van der Waals surface area contributed by atoms with E-state index in [4.69, 9.17) is 4.74 Å². The van der Waals surface area contributed by atoms with Crippen molar-refractivity contribution in [3.05, 3.63) is 0 Å². The van der Waals surface area contributed by atoms with Gasteiger partial charge in [0.05, 0.1) is 5.60 Å². The molecule has 2 atom stereocenters. The molecule has 2 nitrogen and oxygen atoms in total. The molecule has 0 amide bonds. The lowest BCUT2D eigenvalue weighted by atomic mass is 9.83. The van der Waals surface area contributed by atoms with Gasteiger partial charge in [0.25, 0.3) is 0 Å². The maximum Gasteiger partial charge on any atom is 0.0692 e. The van der Waals surface area contributed by atoms with E-state index in [2.05, 4.69) is 33.0 Å². The first-order valence-electron chi connectivity index (χ1n) is 7.91. The minimum absolute atomic E-state index is 0.151. The molecule has 1 saturated carbocycles. The van der Waals surface area contributed by atoms with Crippen LogP contribution in [0.5, 0.6) is 0 Å². The number of ether oxygens (including phenoxy) is 1. The summed E-state index contributed by atoms with van der Waals surface area (Å²) in [5.74, 6) is 0. The minimum atomic E-state index is 0.151. The number of hydrogen-bond donors (Lipinski definition) is 1. The summed E-state index contributed by atoms with van der Waals surface area (Å²) in [6.07, 6.45) is 8.81. The SMILES string of the molecule is CCC1(CC)CC(NC2CCCC2(C)C)CCO1. The third-order valence-corrected chi connectivity index (χ3v) is 5.48. The van der Waals surface area contributed by atoms with Crippen LogP contribution >= 0.6 is 0 Å². The molecule has 2 fully saturated rings. The maximum absolute atomic E-state index is 6.07. The number of hydrogen-bond acceptors (Lipinski definition) is 2. The lowest BCUT2D eigenvalue weighted by Gasteiger charge is -2.42. The zero-order valence-electron chi connectivity index (χ0n) is 12.7. The topological polar surface area (TPSA) is 21.3 Å². The van der Waals surface area contributed by atoms with Gasteiger partial charge in [0.15, 0.2) is 0 Å². The minimum Gasteiger partial charge on any atom is -0.375 e. The molecule has 1 aliphatic heterocycles. The van der Waals surface area contributed by atoms with Gasteiger partial charge in [-0.3, -0.25) is 0 Å². The molecule has 1 saturated heterocycles. The van der Waals surface area contributed by atoms with E-state index in [1.165, 1.54) is 32.1 Å². The van der Waals surface area contributed by atoms with Crippen molar-refractivity contribution < 1.29 is 4.74 Å². The fourth-order valence-electron chi connectivity index (χ4n) is 3.83. The Morgan fingerprint density at radius 1 is 1.17 bits per heavy atom. The van der Waals surface area contributed by atoms with Gasteiger partial charge in [0.1, 0.15) is 0 Å². The van der Waals surface area contributed by atoms with Crippen LogP contribution in [0, 0.1) is 5.41 Å². The summed E-state index contributed by atoms with van der Waals surface area (Å²) in [6.45, 7) is 10.3. The van der Waals surface area contributed by atoms with Gasteiger partial charge >= 0.3 is 0 Å². The summed E-state index contributed by atoms with van der Waals surface area (Å²) in [4.78, 5) is 0. The molecule has 0 bridgehead atoms. The lowest BCUT2D eigenvalue weighted by molar-refractivity contribution is -0.0950. The van der Waals surface area contributed by atoms with Crippen molar-refractivity contribution in [2.75, 3.05) is 6.61 Å². The molecule has 18 heavy (non-hydrogen) atoms. The van der Waals surface area contributed by atoms with Crippen LogP contribution in [0.3, 0.4) is 0 Å². The van der Waals surface area contributed by atoms with E-state index in [0.29, 0.717) is 17.5 Å². The van der Waals surface area contributed by atoms with E-state index in [1.54, 1.807) is 0 Å². The maximum atomic E-state index is 6.07. The zero-order chi connectivity index (χ0) is 13.2. The monoisotopic (exact) mass is 253 g/mol. The summed E-state index contributed by atoms with van der Waals surface area (Å²) in [7, 11) is 0. The molecule has 2 aliphatic rings. The van der Waals surface area contributed by atoms with Gasteiger partial charge in [-0.15, -0.1) is 0 Å². The Balaban J connectivity index is 1.93. The van der Waals surface area contributed by atoms with Crippen molar-refractivity contribution in [2.45, 2.75) is 90.3 Å². The second-order valence-corrected chi connectivity index (χ2v) is 7.03. The van der Waals surface area contributed by atoms with Crippen molar-refractivity contribution in [1.82, 2.24) is 5.32 Å². The largest absolute Gasteiger partial charge is 0.375 e. The van der Waals surface area contributed by atoms with E-state index in [-0.39, 0.29) is 5.60 Å². The normalized spacial score (nSPS) is 34.7. The molecule has 2 unspecified atom stereocenters. The molecule has 2 heteroatoms. The van der Waals surface area contributed by atoms with Crippen molar-refractivity contribution in [3.8, 4) is 0 Å². The summed E-state index contributed by atoms with van der Waals surface area (Å²) < 4.78 is 6.07. The second kappa shape index (κ2) is 5.50. The van der Waals surface area contributed by atoms with E-state index in [9.17, 15) is 0 Å². The van der Waals surface area contributed by atoms with Crippen LogP contribution in [0.2, 0.25) is 0 Å². The Kier molecular flexibility index (Phi) is 4.38. The first-order chi connectivity index (χ1) is 8.51. The Hall–Kier alpha value is -0.0800. The molecule has 0 spiro atoms. The van der Waals surface area contributed by atoms with Crippen LogP contribution in [-0.4, -0.2) is 24.3 Å². The van der Waals surface area contributed by atoms with Crippen LogP contribution in [0.15, 0.2) is 0 Å². The molecule has 0 aromatic heterocycles. The number of nitrogens with one attached hydrogen (secondary N) is 1. The van der Waals surface area contributed by atoms with E-state index < -0.39 is 0 Å². The first kappa shape index (κ1) is 14.3. The molecule has 1 aliphatic carbocycles. The fourth-order valence-corrected chi connectivity index (χ4v) is 3.83. The average Bonchev–Trinajstić information content (AvgIpc) is 2.69. The fraction of sp³-hybridized carbons (Fsp3) is 1.00. The molecule has 1 heterocycles.